The number of rotatable bonds is 3. The van der Waals surface area contributed by atoms with Gasteiger partial charge in [-0.3, -0.25) is 15.0 Å². The van der Waals surface area contributed by atoms with E-state index < -0.39 is 0 Å². The number of hydrogen-bond donors (Lipinski definition) is 2. The van der Waals surface area contributed by atoms with Crippen molar-refractivity contribution in [1.29, 1.82) is 0 Å². The minimum Gasteiger partial charge on any atom is -0.349 e. The second-order valence-electron chi connectivity index (χ2n) is 7.67. The predicted molar refractivity (Wildman–Crippen MR) is 97.1 cm³/mol. The van der Waals surface area contributed by atoms with Crippen LogP contribution in [-0.2, 0) is 11.3 Å². The molecule has 3 rings (SSSR count). The first-order chi connectivity index (χ1) is 12.0. The van der Waals surface area contributed by atoms with E-state index in [9.17, 15) is 9.59 Å². The molecule has 1 fully saturated rings. The van der Waals surface area contributed by atoms with Crippen LogP contribution in [0.15, 0.2) is 18.3 Å². The molecule has 6 nitrogen and oxygen atoms in total. The molecule has 0 saturated heterocycles. The van der Waals surface area contributed by atoms with Crippen LogP contribution in [0.1, 0.15) is 51.8 Å². The Labute approximate surface area is 149 Å². The zero-order valence-corrected chi connectivity index (χ0v) is 15.5. The lowest BCUT2D eigenvalue weighted by Crippen LogP contribution is -2.51. The Balaban J connectivity index is 1.48. The summed E-state index contributed by atoms with van der Waals surface area (Å²) in [5.41, 5.74) is 1.22. The molecule has 1 aromatic rings. The third kappa shape index (κ3) is 4.06. The van der Waals surface area contributed by atoms with Gasteiger partial charge in [0.1, 0.15) is 0 Å². The van der Waals surface area contributed by atoms with E-state index in [0.29, 0.717) is 11.8 Å². The van der Waals surface area contributed by atoms with Crippen LogP contribution < -0.4 is 10.6 Å². The van der Waals surface area contributed by atoms with Gasteiger partial charge in [-0.1, -0.05) is 26.7 Å². The summed E-state index contributed by atoms with van der Waals surface area (Å²) in [5.74, 6) is 0.825. The number of carbonyl (C=O) groups is 2. The molecule has 3 amide bonds. The molecular weight excluding hydrogens is 316 g/mol. The van der Waals surface area contributed by atoms with Crippen molar-refractivity contribution in [3.63, 3.8) is 0 Å². The number of amides is 3. The van der Waals surface area contributed by atoms with E-state index in [0.717, 1.165) is 25.9 Å². The number of hydrogen-bond acceptors (Lipinski definition) is 3. The number of carbonyl (C=O) groups excluding carboxylic acids is 2. The predicted octanol–water partition coefficient (Wildman–Crippen LogP) is 2.52. The highest BCUT2D eigenvalue weighted by atomic mass is 16.2. The maximum atomic E-state index is 12.3. The Bertz CT molecular complexity index is 627. The Morgan fingerprint density at radius 2 is 2.00 bits per heavy atom. The van der Waals surface area contributed by atoms with E-state index >= 15 is 0 Å². The average Bonchev–Trinajstić information content (AvgIpc) is 3.04. The van der Waals surface area contributed by atoms with E-state index in [1.807, 2.05) is 6.07 Å². The van der Waals surface area contributed by atoms with Gasteiger partial charge in [0.2, 0.25) is 5.91 Å². The molecule has 25 heavy (non-hydrogen) atoms. The lowest BCUT2D eigenvalue weighted by Gasteiger charge is -2.35. The molecule has 4 atom stereocenters. The van der Waals surface area contributed by atoms with Gasteiger partial charge in [0.05, 0.1) is 6.54 Å². The maximum absolute atomic E-state index is 12.3. The summed E-state index contributed by atoms with van der Waals surface area (Å²) in [6, 6.07) is 4.11. The molecular formula is C19H30N4O2. The number of imide groups is 1. The SMILES string of the molecule is C[C@@H]1[C@H](C)CCC[C@@H]1NC(=O)NC(=O)CN1CCn2cccc2[C@@H]1C. The van der Waals surface area contributed by atoms with Crippen LogP contribution in [0.25, 0.3) is 0 Å². The monoisotopic (exact) mass is 346 g/mol. The van der Waals surface area contributed by atoms with Crippen molar-refractivity contribution in [2.75, 3.05) is 13.1 Å². The van der Waals surface area contributed by atoms with Crippen LogP contribution in [0.4, 0.5) is 4.79 Å². The van der Waals surface area contributed by atoms with Crippen molar-refractivity contribution in [1.82, 2.24) is 20.1 Å². The molecule has 0 spiro atoms. The quantitative estimate of drug-likeness (QED) is 0.884. The zero-order valence-electron chi connectivity index (χ0n) is 15.5. The van der Waals surface area contributed by atoms with Crippen molar-refractivity contribution in [3.05, 3.63) is 24.0 Å². The third-order valence-corrected chi connectivity index (χ3v) is 6.09. The highest BCUT2D eigenvalue weighted by Crippen LogP contribution is 2.29. The molecule has 2 aliphatic rings. The first kappa shape index (κ1) is 18.0. The fourth-order valence-corrected chi connectivity index (χ4v) is 4.18. The van der Waals surface area contributed by atoms with E-state index in [-0.39, 0.29) is 30.6 Å². The summed E-state index contributed by atoms with van der Waals surface area (Å²) >= 11 is 0. The minimum absolute atomic E-state index is 0.161. The van der Waals surface area contributed by atoms with Crippen LogP contribution in [0.5, 0.6) is 0 Å². The van der Waals surface area contributed by atoms with Crippen molar-refractivity contribution in [2.24, 2.45) is 11.8 Å². The maximum Gasteiger partial charge on any atom is 0.321 e. The molecule has 2 heterocycles. The normalized spacial score (nSPS) is 29.7. The Kier molecular flexibility index (Phi) is 5.47. The van der Waals surface area contributed by atoms with Gasteiger partial charge in [0.15, 0.2) is 0 Å². The molecule has 6 heteroatoms. The van der Waals surface area contributed by atoms with E-state index in [1.165, 1.54) is 12.1 Å². The number of fused-ring (bicyclic) bond motifs is 1. The van der Waals surface area contributed by atoms with E-state index in [4.69, 9.17) is 0 Å². The van der Waals surface area contributed by atoms with Gasteiger partial charge < -0.3 is 9.88 Å². The highest BCUT2D eigenvalue weighted by molar-refractivity contribution is 5.95. The minimum atomic E-state index is -0.357. The second kappa shape index (κ2) is 7.60. The van der Waals surface area contributed by atoms with Gasteiger partial charge in [0.25, 0.3) is 0 Å². The zero-order chi connectivity index (χ0) is 18.0. The molecule has 1 aliphatic heterocycles. The molecule has 0 radical (unpaired) electrons. The second-order valence-corrected chi connectivity index (χ2v) is 7.67. The summed E-state index contributed by atoms with van der Waals surface area (Å²) in [5, 5.41) is 5.51. The summed E-state index contributed by atoms with van der Waals surface area (Å²) in [7, 11) is 0. The standard InChI is InChI=1S/C19H30N4O2/c1-13-6-4-7-16(14(13)2)20-19(25)21-18(24)12-23-11-10-22-9-5-8-17(22)15(23)3/h5,8-9,13-16H,4,6-7,10-12H2,1-3H3,(H2,20,21,24,25)/t13-,14-,15+,16+/m1/s1. The molecule has 1 aromatic heterocycles. The Hall–Kier alpha value is -1.82. The fourth-order valence-electron chi connectivity index (χ4n) is 4.18. The van der Waals surface area contributed by atoms with E-state index in [2.05, 4.69) is 53.1 Å². The number of urea groups is 1. The summed E-state index contributed by atoms with van der Waals surface area (Å²) in [4.78, 5) is 26.6. The topological polar surface area (TPSA) is 66.4 Å². The fraction of sp³-hybridized carbons (Fsp3) is 0.684. The van der Waals surface area contributed by atoms with Gasteiger partial charge in [-0.2, -0.15) is 0 Å². The Morgan fingerprint density at radius 3 is 2.80 bits per heavy atom. The van der Waals surface area contributed by atoms with Gasteiger partial charge in [0, 0.05) is 37.1 Å². The van der Waals surface area contributed by atoms with Crippen LogP contribution in [0, 0.1) is 11.8 Å². The average molecular weight is 346 g/mol. The molecule has 0 unspecified atom stereocenters. The Morgan fingerprint density at radius 1 is 1.20 bits per heavy atom. The summed E-state index contributed by atoms with van der Waals surface area (Å²) < 4.78 is 2.22. The molecule has 1 saturated carbocycles. The van der Waals surface area contributed by atoms with Crippen molar-refractivity contribution >= 4 is 11.9 Å². The largest absolute Gasteiger partial charge is 0.349 e. The van der Waals surface area contributed by atoms with Gasteiger partial charge >= 0.3 is 6.03 Å². The van der Waals surface area contributed by atoms with Crippen molar-refractivity contribution in [2.45, 2.75) is 58.7 Å². The van der Waals surface area contributed by atoms with Gasteiger partial charge in [-0.05, 0) is 37.3 Å². The molecule has 1 aliphatic carbocycles. The lowest BCUT2D eigenvalue weighted by atomic mass is 9.78. The molecule has 2 N–H and O–H groups in total. The number of nitrogens with one attached hydrogen (secondary N) is 2. The third-order valence-electron chi connectivity index (χ3n) is 6.09. The first-order valence-corrected chi connectivity index (χ1v) is 9.45. The van der Waals surface area contributed by atoms with Gasteiger partial charge in [-0.25, -0.2) is 4.79 Å². The number of nitrogens with zero attached hydrogens (tertiary/aromatic N) is 2. The van der Waals surface area contributed by atoms with Crippen molar-refractivity contribution in [3.8, 4) is 0 Å². The van der Waals surface area contributed by atoms with Crippen molar-refractivity contribution < 1.29 is 9.59 Å². The summed E-state index contributed by atoms with van der Waals surface area (Å²) in [6.45, 7) is 8.45. The molecule has 0 aromatic carbocycles. The lowest BCUT2D eigenvalue weighted by molar-refractivity contribution is -0.122. The molecule has 0 bridgehead atoms. The van der Waals surface area contributed by atoms with Crippen LogP contribution in [0.3, 0.4) is 0 Å². The molecule has 138 valence electrons. The van der Waals surface area contributed by atoms with Crippen LogP contribution >= 0.6 is 0 Å². The van der Waals surface area contributed by atoms with Gasteiger partial charge in [-0.15, -0.1) is 0 Å². The van der Waals surface area contributed by atoms with Crippen LogP contribution in [-0.4, -0.2) is 40.5 Å². The smallest absolute Gasteiger partial charge is 0.321 e. The van der Waals surface area contributed by atoms with Crippen LogP contribution in [0.2, 0.25) is 0 Å². The highest BCUT2D eigenvalue weighted by Gasteiger charge is 2.29. The number of aromatic nitrogens is 1. The van der Waals surface area contributed by atoms with E-state index in [1.54, 1.807) is 0 Å². The summed E-state index contributed by atoms with van der Waals surface area (Å²) in [6.07, 6.45) is 5.42. The first-order valence-electron chi connectivity index (χ1n) is 9.45.